The van der Waals surface area contributed by atoms with E-state index in [1.54, 1.807) is 6.07 Å². The third kappa shape index (κ3) is 1.40. The lowest BCUT2D eigenvalue weighted by atomic mass is 9.87. The van der Waals surface area contributed by atoms with Crippen LogP contribution in [-0.2, 0) is 12.6 Å². The van der Waals surface area contributed by atoms with Gasteiger partial charge >= 0.3 is 0 Å². The van der Waals surface area contributed by atoms with Crippen molar-refractivity contribution in [2.24, 2.45) is 12.8 Å². The van der Waals surface area contributed by atoms with Crippen LogP contribution in [0, 0.1) is 6.92 Å². The van der Waals surface area contributed by atoms with E-state index in [2.05, 4.69) is 17.6 Å². The molecule has 18 heavy (non-hydrogen) atoms. The van der Waals surface area contributed by atoms with Crippen LogP contribution in [0.2, 0.25) is 0 Å². The third-order valence-electron chi connectivity index (χ3n) is 4.48. The summed E-state index contributed by atoms with van der Waals surface area (Å²) in [6.45, 7) is 2.10. The number of hydrogen-bond donors (Lipinski definition) is 2. The van der Waals surface area contributed by atoms with Gasteiger partial charge in [-0.2, -0.15) is 0 Å². The molecule has 1 aromatic carbocycles. The van der Waals surface area contributed by atoms with E-state index in [9.17, 15) is 5.11 Å². The summed E-state index contributed by atoms with van der Waals surface area (Å²) < 4.78 is 2.06. The third-order valence-corrected chi connectivity index (χ3v) is 4.48. The van der Waals surface area contributed by atoms with Crippen LogP contribution in [0.15, 0.2) is 18.2 Å². The Kier molecular flexibility index (Phi) is 2.42. The Labute approximate surface area is 107 Å². The fourth-order valence-corrected chi connectivity index (χ4v) is 3.50. The number of aromatic nitrogens is 1. The Morgan fingerprint density at radius 1 is 1.28 bits per heavy atom. The minimum atomic E-state index is -0.211. The zero-order chi connectivity index (χ0) is 12.9. The summed E-state index contributed by atoms with van der Waals surface area (Å²) in [6.07, 6.45) is 4.49. The zero-order valence-corrected chi connectivity index (χ0v) is 11.0. The van der Waals surface area contributed by atoms with Gasteiger partial charge in [0.1, 0.15) is 5.75 Å². The molecule has 3 nitrogen and oxygen atoms in total. The van der Waals surface area contributed by atoms with Crippen molar-refractivity contribution >= 4 is 10.9 Å². The summed E-state index contributed by atoms with van der Waals surface area (Å²) >= 11 is 0. The van der Waals surface area contributed by atoms with E-state index in [4.69, 9.17) is 5.73 Å². The van der Waals surface area contributed by atoms with Crippen LogP contribution in [0.5, 0.6) is 5.75 Å². The van der Waals surface area contributed by atoms with Gasteiger partial charge in [0.15, 0.2) is 0 Å². The number of aryl methyl sites for hydroxylation is 1. The second-order valence-corrected chi connectivity index (χ2v) is 5.56. The number of benzene rings is 1. The molecule has 0 unspecified atom stereocenters. The summed E-state index contributed by atoms with van der Waals surface area (Å²) in [6, 6.07) is 5.71. The maximum absolute atomic E-state index is 10.1. The van der Waals surface area contributed by atoms with Gasteiger partial charge in [-0.15, -0.1) is 0 Å². The summed E-state index contributed by atoms with van der Waals surface area (Å²) in [7, 11) is 2.00. The van der Waals surface area contributed by atoms with Crippen LogP contribution in [0.25, 0.3) is 10.9 Å². The molecule has 1 aliphatic rings. The quantitative estimate of drug-likeness (QED) is 0.810. The molecule has 96 valence electrons. The molecule has 3 heteroatoms. The van der Waals surface area contributed by atoms with Gasteiger partial charge in [-0.05, 0) is 25.8 Å². The predicted octanol–water partition coefficient (Wildman–Crippen LogP) is 2.92. The van der Waals surface area contributed by atoms with Crippen molar-refractivity contribution in [3.63, 3.8) is 0 Å². The molecule has 0 saturated heterocycles. The smallest absolute Gasteiger partial charge is 0.139 e. The van der Waals surface area contributed by atoms with E-state index in [1.165, 1.54) is 24.1 Å². The van der Waals surface area contributed by atoms with Gasteiger partial charge in [-0.3, -0.25) is 0 Å². The van der Waals surface area contributed by atoms with Gasteiger partial charge in [-0.1, -0.05) is 25.0 Å². The summed E-state index contributed by atoms with van der Waals surface area (Å²) in [4.78, 5) is 0. The number of phenols is 1. The highest BCUT2D eigenvalue weighted by atomic mass is 16.3. The largest absolute Gasteiger partial charge is 0.506 e. The highest BCUT2D eigenvalue weighted by Gasteiger charge is 2.35. The molecular weight excluding hydrogens is 224 g/mol. The van der Waals surface area contributed by atoms with Crippen molar-refractivity contribution in [1.82, 2.24) is 4.57 Å². The monoisotopic (exact) mass is 244 g/mol. The Morgan fingerprint density at radius 2 is 1.94 bits per heavy atom. The highest BCUT2D eigenvalue weighted by Crippen LogP contribution is 2.43. The van der Waals surface area contributed by atoms with E-state index in [-0.39, 0.29) is 5.54 Å². The lowest BCUT2D eigenvalue weighted by Crippen LogP contribution is -2.33. The second-order valence-electron chi connectivity index (χ2n) is 5.56. The molecule has 2 aromatic rings. The van der Waals surface area contributed by atoms with Crippen LogP contribution in [0.3, 0.4) is 0 Å². The van der Waals surface area contributed by atoms with Crippen LogP contribution < -0.4 is 5.73 Å². The fourth-order valence-electron chi connectivity index (χ4n) is 3.50. The van der Waals surface area contributed by atoms with Gasteiger partial charge in [0.2, 0.25) is 0 Å². The number of para-hydroxylation sites is 1. The first-order valence-electron chi connectivity index (χ1n) is 6.61. The van der Waals surface area contributed by atoms with Crippen molar-refractivity contribution in [3.8, 4) is 5.75 Å². The average molecular weight is 244 g/mol. The molecule has 0 bridgehead atoms. The van der Waals surface area contributed by atoms with Crippen molar-refractivity contribution in [2.75, 3.05) is 0 Å². The van der Waals surface area contributed by atoms with E-state index in [1.807, 2.05) is 13.1 Å². The van der Waals surface area contributed by atoms with Crippen molar-refractivity contribution in [3.05, 3.63) is 29.5 Å². The maximum atomic E-state index is 10.1. The average Bonchev–Trinajstić information content (AvgIpc) is 2.85. The Morgan fingerprint density at radius 3 is 2.61 bits per heavy atom. The molecule has 3 rings (SSSR count). The van der Waals surface area contributed by atoms with Crippen LogP contribution in [-0.4, -0.2) is 9.67 Å². The molecule has 1 fully saturated rings. The Hall–Kier alpha value is -1.48. The molecule has 0 radical (unpaired) electrons. The number of hydrogen-bond acceptors (Lipinski definition) is 2. The number of nitrogens with zero attached hydrogens (tertiary/aromatic N) is 1. The van der Waals surface area contributed by atoms with E-state index in [0.29, 0.717) is 5.75 Å². The zero-order valence-electron chi connectivity index (χ0n) is 11.0. The Balaban J connectivity index is 2.36. The van der Waals surface area contributed by atoms with Gasteiger partial charge in [0.25, 0.3) is 0 Å². The summed E-state index contributed by atoms with van der Waals surface area (Å²) in [5.41, 5.74) is 9.72. The van der Waals surface area contributed by atoms with Crippen molar-refractivity contribution in [1.29, 1.82) is 0 Å². The van der Waals surface area contributed by atoms with Gasteiger partial charge < -0.3 is 15.4 Å². The van der Waals surface area contributed by atoms with Crippen molar-refractivity contribution in [2.45, 2.75) is 38.1 Å². The molecular formula is C15H20N2O. The predicted molar refractivity (Wildman–Crippen MR) is 73.7 cm³/mol. The summed E-state index contributed by atoms with van der Waals surface area (Å²) in [5, 5.41) is 11.2. The first-order valence-corrected chi connectivity index (χ1v) is 6.61. The van der Waals surface area contributed by atoms with E-state index in [0.717, 1.165) is 23.7 Å². The number of aromatic hydroxyl groups is 1. The van der Waals surface area contributed by atoms with Crippen LogP contribution in [0.1, 0.15) is 36.9 Å². The molecule has 1 aliphatic carbocycles. The number of phenolic OH excluding ortho intramolecular Hbond substituents is 1. The Bertz CT molecular complexity index is 606. The molecule has 0 aliphatic heterocycles. The van der Waals surface area contributed by atoms with Gasteiger partial charge in [0, 0.05) is 29.2 Å². The minimum Gasteiger partial charge on any atom is -0.506 e. The molecule has 1 saturated carbocycles. The molecule has 1 heterocycles. The number of rotatable bonds is 1. The molecule has 0 amide bonds. The topological polar surface area (TPSA) is 51.2 Å². The molecule has 0 spiro atoms. The van der Waals surface area contributed by atoms with Crippen molar-refractivity contribution < 1.29 is 5.11 Å². The number of fused-ring (bicyclic) bond motifs is 1. The molecule has 3 N–H and O–H groups in total. The van der Waals surface area contributed by atoms with Crippen LogP contribution in [0.4, 0.5) is 0 Å². The van der Waals surface area contributed by atoms with E-state index >= 15 is 0 Å². The standard InChI is InChI=1S/C15H20N2O/c1-10-13(15(16)8-3-4-9-15)11-6-5-7-12(18)14(11)17(10)2/h5-7,18H,3-4,8-9,16H2,1-2H3. The van der Waals surface area contributed by atoms with E-state index < -0.39 is 0 Å². The van der Waals surface area contributed by atoms with Gasteiger partial charge in [-0.25, -0.2) is 0 Å². The van der Waals surface area contributed by atoms with Gasteiger partial charge in [0.05, 0.1) is 5.52 Å². The highest BCUT2D eigenvalue weighted by molar-refractivity contribution is 5.91. The first kappa shape index (κ1) is 11.6. The lowest BCUT2D eigenvalue weighted by molar-refractivity contribution is 0.461. The first-order chi connectivity index (χ1) is 8.54. The lowest BCUT2D eigenvalue weighted by Gasteiger charge is -2.24. The number of nitrogens with two attached hydrogens (primary N) is 1. The minimum absolute atomic E-state index is 0.211. The maximum Gasteiger partial charge on any atom is 0.139 e. The SMILES string of the molecule is Cc1c(C2(N)CCCC2)c2cccc(O)c2n1C. The van der Waals surface area contributed by atoms with Crippen LogP contribution >= 0.6 is 0 Å². The summed E-state index contributed by atoms with van der Waals surface area (Å²) in [5.74, 6) is 0.339. The molecule has 1 aromatic heterocycles. The second kappa shape index (κ2) is 3.75. The molecule has 0 atom stereocenters. The fraction of sp³-hybridized carbons (Fsp3) is 0.467. The normalized spacial score (nSPS) is 18.6.